The minimum absolute atomic E-state index is 0.0236. The molecule has 1 heterocycles. The number of alkyl carbamates (subject to hydrolysis) is 1. The zero-order chi connectivity index (χ0) is 36.8. The summed E-state index contributed by atoms with van der Waals surface area (Å²) in [7, 11) is -5.10. The van der Waals surface area contributed by atoms with Gasteiger partial charge in [-0.15, -0.1) is 11.3 Å². The summed E-state index contributed by atoms with van der Waals surface area (Å²) in [6.07, 6.45) is -1.71. The number of nitrogens with one attached hydrogen (secondary N) is 3. The molecule has 14 nitrogen and oxygen atoms in total. The van der Waals surface area contributed by atoms with Crippen LogP contribution in [-0.2, 0) is 52.6 Å². The monoisotopic (exact) mass is 738 g/mol. The molecule has 0 radical (unpaired) electrons. The number of carbonyl (C=O) groups excluding carboxylic acids is 3. The molecule has 0 aliphatic rings. The highest BCUT2D eigenvalue weighted by Gasteiger charge is 2.37. The molecular formula is C35H39N4O10PS. The topological polar surface area (TPSA) is 202 Å². The molecule has 0 aliphatic carbocycles. The summed E-state index contributed by atoms with van der Waals surface area (Å²) in [6.45, 7) is 3.08. The van der Waals surface area contributed by atoms with E-state index in [1.807, 2.05) is 5.38 Å². The maximum atomic E-state index is 13.4. The van der Waals surface area contributed by atoms with Crippen LogP contribution in [0.15, 0.2) is 96.5 Å². The number of benzene rings is 3. The van der Waals surface area contributed by atoms with Crippen molar-refractivity contribution in [3.05, 3.63) is 113 Å². The number of carboxylic acids is 1. The van der Waals surface area contributed by atoms with Crippen LogP contribution in [0.3, 0.4) is 0 Å². The lowest BCUT2D eigenvalue weighted by Crippen LogP contribution is -2.51. The molecule has 0 saturated heterocycles. The van der Waals surface area contributed by atoms with Gasteiger partial charge in [0.15, 0.2) is 0 Å². The van der Waals surface area contributed by atoms with Crippen molar-refractivity contribution in [2.24, 2.45) is 5.92 Å². The number of ether oxygens (including phenoxy) is 2. The third kappa shape index (κ3) is 13.0. The fraction of sp³-hybridized carbons (Fsp3) is 0.286. The molecular weight excluding hydrogens is 699 g/mol. The number of aromatic nitrogens is 1. The van der Waals surface area contributed by atoms with Gasteiger partial charge in [0.1, 0.15) is 24.3 Å². The third-order valence-electron chi connectivity index (χ3n) is 7.18. The Hall–Kier alpha value is -4.92. The molecule has 5 N–H and O–H groups in total. The van der Waals surface area contributed by atoms with E-state index < -0.39 is 50.0 Å². The van der Waals surface area contributed by atoms with Gasteiger partial charge in [-0.05, 0) is 29.0 Å². The lowest BCUT2D eigenvalue weighted by molar-refractivity contribution is -0.155. The lowest BCUT2D eigenvalue weighted by atomic mass is 10.0. The predicted molar refractivity (Wildman–Crippen MR) is 188 cm³/mol. The molecule has 51 heavy (non-hydrogen) atoms. The summed E-state index contributed by atoms with van der Waals surface area (Å²) in [6, 6.07) is 21.4. The summed E-state index contributed by atoms with van der Waals surface area (Å²) in [5.41, 5.74) is 2.71. The Kier molecular flexibility index (Phi) is 14.4. The van der Waals surface area contributed by atoms with Gasteiger partial charge in [-0.25, -0.2) is 29.0 Å². The van der Waals surface area contributed by atoms with Crippen molar-refractivity contribution in [3.63, 3.8) is 0 Å². The van der Waals surface area contributed by atoms with Crippen LogP contribution in [-0.4, -0.2) is 57.2 Å². The fourth-order valence-corrected chi connectivity index (χ4v) is 6.47. The van der Waals surface area contributed by atoms with E-state index in [4.69, 9.17) is 14.0 Å². The average Bonchev–Trinajstić information content (AvgIpc) is 3.65. The molecule has 3 aromatic carbocycles. The fourth-order valence-electron chi connectivity index (χ4n) is 4.72. The van der Waals surface area contributed by atoms with E-state index in [9.17, 15) is 33.7 Å². The molecule has 1 aromatic heterocycles. The summed E-state index contributed by atoms with van der Waals surface area (Å²) in [5, 5.41) is 19.3. The van der Waals surface area contributed by atoms with Crippen LogP contribution in [0.2, 0.25) is 0 Å². The molecule has 0 aliphatic heterocycles. The number of esters is 1. The third-order valence-corrected chi connectivity index (χ3v) is 9.13. The van der Waals surface area contributed by atoms with Gasteiger partial charge in [-0.1, -0.05) is 98.8 Å². The molecule has 4 aromatic rings. The molecule has 0 bridgehead atoms. The minimum atomic E-state index is -5.10. The lowest BCUT2D eigenvalue weighted by Gasteiger charge is -2.26. The summed E-state index contributed by atoms with van der Waals surface area (Å²) in [5.74, 6) is -3.65. The van der Waals surface area contributed by atoms with Crippen LogP contribution in [0.25, 0.3) is 10.6 Å². The Balaban J connectivity index is 1.44. The maximum Gasteiger partial charge on any atom is 0.409 e. The van der Waals surface area contributed by atoms with E-state index in [1.54, 1.807) is 105 Å². The van der Waals surface area contributed by atoms with Gasteiger partial charge in [0.2, 0.25) is 12.1 Å². The number of carboxylic acid groups (broad SMARTS) is 1. The summed E-state index contributed by atoms with van der Waals surface area (Å²) >= 11 is 1.46. The number of hydrogen-bond donors (Lipinski definition) is 5. The number of aliphatic carboxylic acids is 1. The maximum absolute atomic E-state index is 13.4. The molecule has 0 saturated carbocycles. The molecule has 2 amide bonds. The second kappa shape index (κ2) is 18.9. The highest BCUT2D eigenvalue weighted by Crippen LogP contribution is 2.40. The molecule has 270 valence electrons. The second-order valence-electron chi connectivity index (χ2n) is 11.8. The first-order valence-electron chi connectivity index (χ1n) is 15.9. The highest BCUT2D eigenvalue weighted by atomic mass is 32.1. The highest BCUT2D eigenvalue weighted by molar-refractivity contribution is 7.50. The normalized spacial score (nSPS) is 14.0. The summed E-state index contributed by atoms with van der Waals surface area (Å²) in [4.78, 5) is 66.4. The predicted octanol–water partition coefficient (Wildman–Crippen LogP) is 5.04. The van der Waals surface area contributed by atoms with Crippen LogP contribution in [0, 0.1) is 5.92 Å². The Morgan fingerprint density at radius 2 is 1.43 bits per heavy atom. The number of amides is 2. The second-order valence-corrected chi connectivity index (χ2v) is 14.2. The Bertz CT molecular complexity index is 1780. The van der Waals surface area contributed by atoms with E-state index in [1.165, 1.54) is 11.3 Å². The van der Waals surface area contributed by atoms with Crippen molar-refractivity contribution in [1.29, 1.82) is 0 Å². The molecule has 16 heteroatoms. The number of nitrogens with zero attached hydrogens (tertiary/aromatic N) is 1. The van der Waals surface area contributed by atoms with E-state index >= 15 is 0 Å². The van der Waals surface area contributed by atoms with Gasteiger partial charge in [0.05, 0.1) is 6.04 Å². The Morgan fingerprint density at radius 1 is 0.824 bits per heavy atom. The molecule has 4 rings (SSSR count). The van der Waals surface area contributed by atoms with Gasteiger partial charge >= 0.3 is 25.8 Å². The molecule has 2 unspecified atom stereocenters. The van der Waals surface area contributed by atoms with E-state index in [-0.39, 0.29) is 32.0 Å². The zero-order valence-electron chi connectivity index (χ0n) is 27.8. The van der Waals surface area contributed by atoms with Gasteiger partial charge < -0.3 is 24.8 Å². The van der Waals surface area contributed by atoms with Crippen LogP contribution < -0.4 is 15.7 Å². The number of carbonyl (C=O) groups is 4. The van der Waals surface area contributed by atoms with Crippen molar-refractivity contribution in [2.45, 2.75) is 58.2 Å². The number of thiazole rings is 1. The molecule has 0 fully saturated rings. The first-order chi connectivity index (χ1) is 24.4. The van der Waals surface area contributed by atoms with Crippen molar-refractivity contribution >= 4 is 43.0 Å². The zero-order valence-corrected chi connectivity index (χ0v) is 29.5. The van der Waals surface area contributed by atoms with Crippen molar-refractivity contribution in [2.75, 3.05) is 0 Å². The quantitative estimate of drug-likeness (QED) is 0.0518. The van der Waals surface area contributed by atoms with Crippen LogP contribution in [0.5, 0.6) is 0 Å². The van der Waals surface area contributed by atoms with Crippen molar-refractivity contribution in [3.8, 4) is 10.6 Å². The van der Waals surface area contributed by atoms with Crippen LogP contribution >= 0.6 is 19.1 Å². The van der Waals surface area contributed by atoms with E-state index in [0.717, 1.165) is 10.6 Å². The first-order valence-corrected chi connectivity index (χ1v) is 18.3. The van der Waals surface area contributed by atoms with Gasteiger partial charge in [0, 0.05) is 23.6 Å². The SMILES string of the molecule is CC(C)C[C@H](NP(=O)(O)OC(NC(=O)OCc1ccccc1)C(=O)OCc1ccccc1)C(=O)N[C@@H](Cc1ccc(-c2nccs2)cc1)C(=O)O. The van der Waals surface area contributed by atoms with Gasteiger partial charge in [-0.3, -0.25) is 14.6 Å². The number of rotatable bonds is 18. The molecule has 4 atom stereocenters. The van der Waals surface area contributed by atoms with Gasteiger partial charge in [-0.2, -0.15) is 0 Å². The molecule has 0 spiro atoms. The Morgan fingerprint density at radius 3 is 1.98 bits per heavy atom. The summed E-state index contributed by atoms with van der Waals surface area (Å²) < 4.78 is 29.0. The van der Waals surface area contributed by atoms with Crippen molar-refractivity contribution < 1.29 is 47.7 Å². The van der Waals surface area contributed by atoms with E-state index in [2.05, 4.69) is 20.7 Å². The minimum Gasteiger partial charge on any atom is -0.480 e. The first kappa shape index (κ1) is 38.9. The van der Waals surface area contributed by atoms with Crippen LogP contribution in [0.1, 0.15) is 37.0 Å². The van der Waals surface area contributed by atoms with Crippen LogP contribution in [0.4, 0.5) is 4.79 Å². The largest absolute Gasteiger partial charge is 0.480 e. The standard InChI is InChI=1S/C35H39N4O10PS/c1-23(2)19-28(30(40)37-29(33(41)42)20-24-13-15-27(16-14-24)32-36-17-18-51-32)39-50(45,46)49-31(34(43)47-21-25-9-5-3-6-10-25)38-35(44)48-22-26-11-7-4-8-12-26/h3-18,23,28-29,31H,19-22H2,1-2H3,(H,37,40)(H,38,44)(H,41,42)(H2,39,45,46)/t28-,29-,31?/m0/s1. The van der Waals surface area contributed by atoms with Gasteiger partial charge in [0.25, 0.3) is 0 Å². The Labute approximate surface area is 298 Å². The number of hydrogen-bond acceptors (Lipinski definition) is 10. The van der Waals surface area contributed by atoms with Crippen molar-refractivity contribution in [1.82, 2.24) is 20.7 Å². The van der Waals surface area contributed by atoms with E-state index in [0.29, 0.717) is 16.7 Å². The smallest absolute Gasteiger partial charge is 0.409 e. The average molecular weight is 739 g/mol.